The van der Waals surface area contributed by atoms with E-state index in [9.17, 15) is 30.3 Å². The minimum atomic E-state index is -1.67. The molecule has 0 aliphatic carbocycles. The van der Waals surface area contributed by atoms with E-state index in [1.54, 1.807) is 0 Å². The van der Waals surface area contributed by atoms with E-state index in [1.807, 2.05) is 0 Å². The van der Waals surface area contributed by atoms with Gasteiger partial charge in [0.2, 0.25) is 12.2 Å². The van der Waals surface area contributed by atoms with Gasteiger partial charge in [-0.2, -0.15) is 0 Å². The van der Waals surface area contributed by atoms with Gasteiger partial charge in [0.15, 0.2) is 0 Å². The first kappa shape index (κ1) is 19.4. The van der Waals surface area contributed by atoms with E-state index in [1.165, 1.54) is 19.1 Å². The lowest BCUT2D eigenvalue weighted by atomic mass is 9.99. The number of phenolic OH excluding ortho intramolecular Hbond substituents is 2. The molecular formula is C15H21NO9. The van der Waals surface area contributed by atoms with Gasteiger partial charge in [-0.3, -0.25) is 4.79 Å². The van der Waals surface area contributed by atoms with E-state index in [0.29, 0.717) is 0 Å². The van der Waals surface area contributed by atoms with Crippen molar-refractivity contribution in [1.82, 2.24) is 5.06 Å². The quantitative estimate of drug-likeness (QED) is 0.333. The van der Waals surface area contributed by atoms with E-state index in [2.05, 4.69) is 0 Å². The molecule has 0 bridgehead atoms. The van der Waals surface area contributed by atoms with Crippen LogP contribution < -0.4 is 0 Å². The molecule has 0 aromatic heterocycles. The maximum atomic E-state index is 11.8. The lowest BCUT2D eigenvalue weighted by Gasteiger charge is -2.40. The maximum absolute atomic E-state index is 11.8. The molecule has 1 amide bonds. The SMILES string of the molecule is CC(=O)N(Cc1ccc(O)cc1O)O[C@@H]1O[C@H](CO)[C@H](O)[C@H](O)[C@H]1O. The van der Waals surface area contributed by atoms with Gasteiger partial charge >= 0.3 is 0 Å². The third-order valence-corrected chi connectivity index (χ3v) is 3.81. The molecule has 0 spiro atoms. The molecule has 6 N–H and O–H groups in total. The summed E-state index contributed by atoms with van der Waals surface area (Å²) in [6.45, 7) is 0.293. The molecule has 1 aliphatic heterocycles. The van der Waals surface area contributed by atoms with Crippen molar-refractivity contribution in [3.63, 3.8) is 0 Å². The second-order valence-corrected chi connectivity index (χ2v) is 5.67. The average molecular weight is 359 g/mol. The van der Waals surface area contributed by atoms with Crippen molar-refractivity contribution >= 4 is 5.91 Å². The van der Waals surface area contributed by atoms with Gasteiger partial charge in [0, 0.05) is 18.6 Å². The van der Waals surface area contributed by atoms with Gasteiger partial charge in [0.25, 0.3) is 0 Å². The number of aromatic hydroxyl groups is 2. The van der Waals surface area contributed by atoms with Crippen LogP contribution in [0, 0.1) is 0 Å². The van der Waals surface area contributed by atoms with Crippen LogP contribution in [0.15, 0.2) is 18.2 Å². The molecule has 25 heavy (non-hydrogen) atoms. The first-order valence-corrected chi connectivity index (χ1v) is 7.50. The zero-order valence-corrected chi connectivity index (χ0v) is 13.4. The second-order valence-electron chi connectivity index (χ2n) is 5.67. The Labute approximate surface area is 143 Å². The van der Waals surface area contributed by atoms with E-state index in [-0.39, 0.29) is 23.6 Å². The Hall–Kier alpha value is -1.95. The fraction of sp³-hybridized carbons (Fsp3) is 0.533. The van der Waals surface area contributed by atoms with Crippen LogP contribution in [0.4, 0.5) is 0 Å². The molecule has 1 heterocycles. The number of carbonyl (C=O) groups excluding carboxylic acids is 1. The summed E-state index contributed by atoms with van der Waals surface area (Å²) in [4.78, 5) is 17.0. The van der Waals surface area contributed by atoms with Crippen LogP contribution >= 0.6 is 0 Å². The Balaban J connectivity index is 2.14. The van der Waals surface area contributed by atoms with Crippen LogP contribution in [-0.2, 0) is 20.9 Å². The fourth-order valence-electron chi connectivity index (χ4n) is 2.34. The molecule has 0 saturated carbocycles. The topological polar surface area (TPSA) is 160 Å². The normalized spacial score (nSPS) is 29.4. The van der Waals surface area contributed by atoms with Crippen molar-refractivity contribution in [3.05, 3.63) is 23.8 Å². The van der Waals surface area contributed by atoms with Gasteiger partial charge < -0.3 is 35.4 Å². The van der Waals surface area contributed by atoms with Crippen LogP contribution in [0.5, 0.6) is 11.5 Å². The Morgan fingerprint density at radius 2 is 1.88 bits per heavy atom. The Kier molecular flexibility index (Phi) is 6.16. The summed E-state index contributed by atoms with van der Waals surface area (Å²) in [5, 5.41) is 58.4. The van der Waals surface area contributed by atoms with Gasteiger partial charge in [-0.25, -0.2) is 9.90 Å². The second kappa shape index (κ2) is 7.95. The fourth-order valence-corrected chi connectivity index (χ4v) is 2.34. The highest BCUT2D eigenvalue weighted by Gasteiger charge is 2.45. The third kappa shape index (κ3) is 4.37. The first-order chi connectivity index (χ1) is 11.7. The number of phenols is 2. The standard InChI is InChI=1S/C15H21NO9/c1-7(18)16(5-8-2-3-9(19)4-10(8)20)25-15-14(23)13(22)12(21)11(6-17)24-15/h2-4,11-15,17,19-23H,5-6H2,1H3/t11-,12+,13+,14-,15+/m1/s1. The number of ether oxygens (including phenoxy) is 1. The monoisotopic (exact) mass is 359 g/mol. The average Bonchev–Trinajstić information content (AvgIpc) is 2.56. The minimum Gasteiger partial charge on any atom is -0.508 e. The molecule has 1 fully saturated rings. The highest BCUT2D eigenvalue weighted by atomic mass is 16.8. The van der Waals surface area contributed by atoms with Crippen LogP contribution in [-0.4, -0.2) is 78.9 Å². The number of nitrogens with zero attached hydrogens (tertiary/aromatic N) is 1. The maximum Gasteiger partial charge on any atom is 0.243 e. The first-order valence-electron chi connectivity index (χ1n) is 7.50. The summed E-state index contributed by atoms with van der Waals surface area (Å²) in [5.41, 5.74) is 0.248. The number of aliphatic hydroxyl groups is 4. The number of rotatable bonds is 5. The predicted octanol–water partition coefficient (Wildman–Crippen LogP) is -1.82. The molecule has 10 heteroatoms. The van der Waals surface area contributed by atoms with Gasteiger partial charge in [0.05, 0.1) is 13.2 Å². The summed E-state index contributed by atoms with van der Waals surface area (Å²) in [6.07, 6.45) is -7.58. The lowest BCUT2D eigenvalue weighted by molar-refractivity contribution is -0.354. The molecule has 0 unspecified atom stereocenters. The minimum absolute atomic E-state index is 0.162. The molecule has 2 rings (SSSR count). The summed E-state index contributed by atoms with van der Waals surface area (Å²) in [7, 11) is 0. The molecule has 0 radical (unpaired) electrons. The smallest absolute Gasteiger partial charge is 0.243 e. The van der Waals surface area contributed by atoms with Crippen molar-refractivity contribution in [2.24, 2.45) is 0 Å². The number of hydroxylamine groups is 2. The summed E-state index contributed by atoms with van der Waals surface area (Å²) in [5.74, 6) is -1.03. The Bertz CT molecular complexity index is 609. The molecular weight excluding hydrogens is 338 g/mol. The molecule has 1 aromatic carbocycles. The number of hydrogen-bond donors (Lipinski definition) is 6. The number of benzene rings is 1. The van der Waals surface area contributed by atoms with Crippen molar-refractivity contribution in [1.29, 1.82) is 0 Å². The van der Waals surface area contributed by atoms with E-state index in [4.69, 9.17) is 14.7 Å². The van der Waals surface area contributed by atoms with Crippen LogP contribution in [0.3, 0.4) is 0 Å². The zero-order chi connectivity index (χ0) is 18.7. The predicted molar refractivity (Wildman–Crippen MR) is 80.8 cm³/mol. The van der Waals surface area contributed by atoms with Gasteiger partial charge in [-0.15, -0.1) is 0 Å². The van der Waals surface area contributed by atoms with E-state index >= 15 is 0 Å². The Morgan fingerprint density at radius 1 is 1.20 bits per heavy atom. The molecule has 1 saturated heterocycles. The van der Waals surface area contributed by atoms with E-state index in [0.717, 1.165) is 11.1 Å². The highest BCUT2D eigenvalue weighted by molar-refractivity contribution is 5.72. The van der Waals surface area contributed by atoms with Crippen molar-refractivity contribution < 1.29 is 45.0 Å². The largest absolute Gasteiger partial charge is 0.508 e. The van der Waals surface area contributed by atoms with Crippen molar-refractivity contribution in [2.45, 2.75) is 44.2 Å². The molecule has 1 aromatic rings. The summed E-state index contributed by atoms with van der Waals surface area (Å²) < 4.78 is 5.17. The lowest BCUT2D eigenvalue weighted by Crippen LogP contribution is -2.60. The summed E-state index contributed by atoms with van der Waals surface area (Å²) >= 11 is 0. The number of hydrogen-bond acceptors (Lipinski definition) is 9. The molecule has 140 valence electrons. The van der Waals surface area contributed by atoms with Gasteiger partial charge in [-0.1, -0.05) is 0 Å². The highest BCUT2D eigenvalue weighted by Crippen LogP contribution is 2.26. The zero-order valence-electron chi connectivity index (χ0n) is 13.4. The van der Waals surface area contributed by atoms with Gasteiger partial charge in [0.1, 0.15) is 35.9 Å². The summed E-state index contributed by atoms with van der Waals surface area (Å²) in [6, 6.07) is 3.76. The van der Waals surface area contributed by atoms with Crippen molar-refractivity contribution in [3.8, 4) is 11.5 Å². The molecule has 10 nitrogen and oxygen atoms in total. The van der Waals surface area contributed by atoms with Crippen LogP contribution in [0.2, 0.25) is 0 Å². The number of amides is 1. The molecule has 1 aliphatic rings. The van der Waals surface area contributed by atoms with Crippen molar-refractivity contribution in [2.75, 3.05) is 6.61 Å². The van der Waals surface area contributed by atoms with Crippen LogP contribution in [0.1, 0.15) is 12.5 Å². The molecule has 5 atom stereocenters. The third-order valence-electron chi connectivity index (χ3n) is 3.81. The van der Waals surface area contributed by atoms with Crippen LogP contribution in [0.25, 0.3) is 0 Å². The Morgan fingerprint density at radius 3 is 2.44 bits per heavy atom. The number of aliphatic hydroxyl groups excluding tert-OH is 4. The van der Waals surface area contributed by atoms with E-state index < -0.39 is 43.2 Å². The number of carbonyl (C=O) groups is 1. The van der Waals surface area contributed by atoms with Gasteiger partial charge in [-0.05, 0) is 12.1 Å².